The van der Waals surface area contributed by atoms with Crippen LogP contribution in [0.25, 0.3) is 0 Å². The number of amides is 2. The maximum Gasteiger partial charge on any atom is 0.318 e. The highest BCUT2D eigenvalue weighted by atomic mass is 32.1. The molecule has 1 aliphatic rings. The minimum Gasteiger partial charge on any atom is -0.331 e. The van der Waals surface area contributed by atoms with Crippen molar-refractivity contribution in [1.82, 2.24) is 20.4 Å². The molecule has 0 radical (unpaired) electrons. The predicted molar refractivity (Wildman–Crippen MR) is 96.2 cm³/mol. The van der Waals surface area contributed by atoms with Crippen molar-refractivity contribution < 1.29 is 4.79 Å². The average Bonchev–Trinajstić information content (AvgIpc) is 3.20. The van der Waals surface area contributed by atoms with Crippen LogP contribution in [-0.2, 0) is 6.54 Å². The molecule has 0 saturated carbocycles. The normalized spacial score (nSPS) is 20.6. The van der Waals surface area contributed by atoms with Crippen LogP contribution in [0.5, 0.6) is 0 Å². The van der Waals surface area contributed by atoms with Gasteiger partial charge in [0.2, 0.25) is 0 Å². The molecule has 2 heterocycles. The van der Waals surface area contributed by atoms with Crippen molar-refractivity contribution in [2.75, 3.05) is 6.54 Å². The molecule has 0 bridgehead atoms. The van der Waals surface area contributed by atoms with E-state index in [0.717, 1.165) is 23.0 Å². The number of likely N-dealkylation sites (tertiary alicyclic amines) is 1. The summed E-state index contributed by atoms with van der Waals surface area (Å²) < 4.78 is 0. The third-order valence-corrected chi connectivity index (χ3v) is 5.70. The molecule has 1 fully saturated rings. The van der Waals surface area contributed by atoms with Crippen molar-refractivity contribution in [3.05, 3.63) is 45.9 Å². The van der Waals surface area contributed by atoms with E-state index in [2.05, 4.69) is 60.6 Å². The van der Waals surface area contributed by atoms with Gasteiger partial charge >= 0.3 is 6.03 Å². The van der Waals surface area contributed by atoms with Gasteiger partial charge in [0.05, 0.1) is 6.54 Å². The molecule has 5 nitrogen and oxygen atoms in total. The standard InChI is InChI=1S/C18H24N4OS/c1-12(2)17-21-20-16(24-17)10-19-18(23)22-11-15(9-13(22)3)14-7-5-4-6-8-14/h4-8,12-13,15H,9-11H2,1-3H3,(H,19,23)/t13-,15+/m1/s1. The topological polar surface area (TPSA) is 58.1 Å². The molecule has 1 aliphatic heterocycles. The summed E-state index contributed by atoms with van der Waals surface area (Å²) in [5.41, 5.74) is 1.31. The molecule has 3 rings (SSSR count). The Bertz CT molecular complexity index is 685. The number of urea groups is 1. The Morgan fingerprint density at radius 1 is 1.33 bits per heavy atom. The molecule has 1 aromatic heterocycles. The Morgan fingerprint density at radius 2 is 2.08 bits per heavy atom. The van der Waals surface area contributed by atoms with Gasteiger partial charge in [0, 0.05) is 24.4 Å². The van der Waals surface area contributed by atoms with Gasteiger partial charge in [-0.25, -0.2) is 4.79 Å². The molecule has 128 valence electrons. The Hall–Kier alpha value is -1.95. The summed E-state index contributed by atoms with van der Waals surface area (Å²) in [7, 11) is 0. The monoisotopic (exact) mass is 344 g/mol. The van der Waals surface area contributed by atoms with Crippen molar-refractivity contribution in [1.29, 1.82) is 0 Å². The van der Waals surface area contributed by atoms with Gasteiger partial charge in [-0.15, -0.1) is 10.2 Å². The van der Waals surface area contributed by atoms with Gasteiger partial charge in [-0.1, -0.05) is 55.5 Å². The second-order valence-electron chi connectivity index (χ2n) is 6.69. The van der Waals surface area contributed by atoms with E-state index in [1.165, 1.54) is 5.56 Å². The smallest absolute Gasteiger partial charge is 0.318 e. The van der Waals surface area contributed by atoms with Gasteiger partial charge in [-0.05, 0) is 18.9 Å². The van der Waals surface area contributed by atoms with Crippen LogP contribution in [0.15, 0.2) is 30.3 Å². The van der Waals surface area contributed by atoms with E-state index in [0.29, 0.717) is 18.4 Å². The number of carbonyl (C=O) groups is 1. The van der Waals surface area contributed by atoms with Crippen molar-refractivity contribution in [3.8, 4) is 0 Å². The first-order chi connectivity index (χ1) is 11.5. The average molecular weight is 344 g/mol. The SMILES string of the molecule is CC(C)c1nnc(CNC(=O)N2C[C@@H](c3ccccc3)C[C@H]2C)s1. The summed E-state index contributed by atoms with van der Waals surface area (Å²) in [5, 5.41) is 13.2. The summed E-state index contributed by atoms with van der Waals surface area (Å²) in [6.45, 7) is 7.52. The Balaban J connectivity index is 1.56. The predicted octanol–water partition coefficient (Wildman–Crippen LogP) is 3.75. The van der Waals surface area contributed by atoms with E-state index >= 15 is 0 Å². The quantitative estimate of drug-likeness (QED) is 0.919. The molecule has 0 unspecified atom stereocenters. The summed E-state index contributed by atoms with van der Waals surface area (Å²) in [4.78, 5) is 14.5. The molecule has 1 aromatic carbocycles. The number of hydrogen-bond acceptors (Lipinski definition) is 4. The first-order valence-electron chi connectivity index (χ1n) is 8.46. The van der Waals surface area contributed by atoms with Crippen LogP contribution in [-0.4, -0.2) is 33.7 Å². The highest BCUT2D eigenvalue weighted by Gasteiger charge is 2.33. The zero-order chi connectivity index (χ0) is 17.1. The molecule has 2 atom stereocenters. The fraction of sp³-hybridized carbons (Fsp3) is 0.500. The second-order valence-corrected chi connectivity index (χ2v) is 7.79. The van der Waals surface area contributed by atoms with Crippen molar-refractivity contribution in [3.63, 3.8) is 0 Å². The van der Waals surface area contributed by atoms with E-state index in [1.807, 2.05) is 11.0 Å². The molecule has 6 heteroatoms. The summed E-state index contributed by atoms with van der Waals surface area (Å²) in [5.74, 6) is 0.790. The summed E-state index contributed by atoms with van der Waals surface area (Å²) in [6, 6.07) is 10.7. The third kappa shape index (κ3) is 3.75. The number of nitrogens with zero attached hydrogens (tertiary/aromatic N) is 3. The molecular formula is C18H24N4OS. The van der Waals surface area contributed by atoms with E-state index in [1.54, 1.807) is 11.3 Å². The third-order valence-electron chi connectivity index (χ3n) is 4.47. The molecular weight excluding hydrogens is 320 g/mol. The zero-order valence-corrected chi connectivity index (χ0v) is 15.2. The lowest BCUT2D eigenvalue weighted by atomic mass is 9.97. The highest BCUT2D eigenvalue weighted by Crippen LogP contribution is 2.31. The minimum absolute atomic E-state index is 0.0118. The van der Waals surface area contributed by atoms with Crippen LogP contribution in [0.1, 0.15) is 54.6 Å². The maximum absolute atomic E-state index is 12.5. The van der Waals surface area contributed by atoms with Crippen LogP contribution >= 0.6 is 11.3 Å². The number of aromatic nitrogens is 2. The van der Waals surface area contributed by atoms with Crippen LogP contribution < -0.4 is 5.32 Å². The van der Waals surface area contributed by atoms with Gasteiger partial charge in [0.25, 0.3) is 0 Å². The van der Waals surface area contributed by atoms with Crippen LogP contribution in [0, 0.1) is 0 Å². The Labute approximate surface area is 147 Å². The van der Waals surface area contributed by atoms with Gasteiger partial charge < -0.3 is 10.2 Å². The van der Waals surface area contributed by atoms with Gasteiger partial charge in [-0.3, -0.25) is 0 Å². The number of hydrogen-bond donors (Lipinski definition) is 1. The number of rotatable bonds is 4. The van der Waals surface area contributed by atoms with Gasteiger partial charge in [0.15, 0.2) is 0 Å². The van der Waals surface area contributed by atoms with E-state index < -0.39 is 0 Å². The summed E-state index contributed by atoms with van der Waals surface area (Å²) in [6.07, 6.45) is 1.01. The van der Waals surface area contributed by atoms with Crippen LogP contribution in [0.3, 0.4) is 0 Å². The molecule has 2 aromatic rings. The first-order valence-corrected chi connectivity index (χ1v) is 9.28. The highest BCUT2D eigenvalue weighted by molar-refractivity contribution is 7.11. The van der Waals surface area contributed by atoms with Gasteiger partial charge in [0.1, 0.15) is 10.0 Å². The van der Waals surface area contributed by atoms with Crippen molar-refractivity contribution in [2.24, 2.45) is 0 Å². The number of nitrogens with one attached hydrogen (secondary N) is 1. The van der Waals surface area contributed by atoms with Crippen molar-refractivity contribution >= 4 is 17.4 Å². The Kier molecular flexibility index (Phi) is 5.14. The van der Waals surface area contributed by atoms with Crippen LogP contribution in [0.4, 0.5) is 4.79 Å². The van der Waals surface area contributed by atoms with Crippen molar-refractivity contribution in [2.45, 2.75) is 51.6 Å². The lowest BCUT2D eigenvalue weighted by Crippen LogP contribution is -2.41. The molecule has 0 aliphatic carbocycles. The number of carbonyl (C=O) groups excluding carboxylic acids is 1. The van der Waals surface area contributed by atoms with Gasteiger partial charge in [-0.2, -0.15) is 0 Å². The fourth-order valence-electron chi connectivity index (χ4n) is 3.10. The zero-order valence-electron chi connectivity index (χ0n) is 14.4. The summed E-state index contributed by atoms with van der Waals surface area (Å²) >= 11 is 1.57. The number of benzene rings is 1. The second kappa shape index (κ2) is 7.30. The molecule has 2 amide bonds. The first kappa shape index (κ1) is 16.9. The lowest BCUT2D eigenvalue weighted by molar-refractivity contribution is 0.195. The molecule has 1 saturated heterocycles. The van der Waals surface area contributed by atoms with E-state index in [-0.39, 0.29) is 12.1 Å². The molecule has 0 spiro atoms. The Morgan fingerprint density at radius 3 is 2.75 bits per heavy atom. The van der Waals surface area contributed by atoms with E-state index in [4.69, 9.17) is 0 Å². The molecule has 1 N–H and O–H groups in total. The fourth-order valence-corrected chi connectivity index (χ4v) is 3.89. The maximum atomic E-state index is 12.5. The van der Waals surface area contributed by atoms with Crippen LogP contribution in [0.2, 0.25) is 0 Å². The minimum atomic E-state index is -0.0118. The molecule has 24 heavy (non-hydrogen) atoms. The lowest BCUT2D eigenvalue weighted by Gasteiger charge is -2.21. The largest absolute Gasteiger partial charge is 0.331 e. The van der Waals surface area contributed by atoms with E-state index in [9.17, 15) is 4.79 Å².